The summed E-state index contributed by atoms with van der Waals surface area (Å²) in [4.78, 5) is -2.28. The lowest BCUT2D eigenvalue weighted by Crippen LogP contribution is -2.63. The van der Waals surface area contributed by atoms with E-state index in [1.807, 2.05) is 0 Å². The highest BCUT2D eigenvalue weighted by Gasteiger charge is 2.49. The van der Waals surface area contributed by atoms with Gasteiger partial charge in [0.2, 0.25) is 0 Å². The molecule has 0 saturated heterocycles. The van der Waals surface area contributed by atoms with Crippen LogP contribution in [0.5, 0.6) is 0 Å². The van der Waals surface area contributed by atoms with E-state index in [9.17, 15) is 13.5 Å². The number of hydrogen-bond donors (Lipinski definition) is 4. The molecule has 0 aliphatic rings. The maximum Gasteiger partial charge on any atom is 0.286 e. The van der Waals surface area contributed by atoms with Gasteiger partial charge in [-0.05, 0) is 13.8 Å². The molecule has 0 aromatic rings. The topological polar surface area (TPSA) is 121 Å². The fourth-order valence-corrected chi connectivity index (χ4v) is 1.06. The van der Waals surface area contributed by atoms with Crippen molar-refractivity contribution in [1.82, 2.24) is 0 Å². The SMILES string of the molecule is CC(O)(CO)C(C)(N)S(=O)(=O)O. The number of hydrogen-bond acceptors (Lipinski definition) is 5. The number of nitrogens with two attached hydrogens (primary N) is 1. The monoisotopic (exact) mass is 199 g/mol. The molecule has 7 heteroatoms. The Bertz CT molecular complexity index is 255. The summed E-state index contributed by atoms with van der Waals surface area (Å²) in [5.74, 6) is 0. The second-order valence-corrected chi connectivity index (χ2v) is 4.81. The van der Waals surface area contributed by atoms with Crippen LogP contribution in [0.4, 0.5) is 0 Å². The van der Waals surface area contributed by atoms with Crippen LogP contribution in [-0.2, 0) is 10.1 Å². The van der Waals surface area contributed by atoms with Crippen molar-refractivity contribution in [2.24, 2.45) is 5.73 Å². The standard InChI is InChI=1S/C5H13NO5S/c1-4(8,3-7)5(2,6)12(9,10)11/h7-8H,3,6H2,1-2H3,(H,9,10,11). The minimum atomic E-state index is -4.60. The molecule has 0 aliphatic carbocycles. The molecule has 0 rings (SSSR count). The van der Waals surface area contributed by atoms with Gasteiger partial charge >= 0.3 is 0 Å². The Morgan fingerprint density at radius 2 is 1.75 bits per heavy atom. The Morgan fingerprint density at radius 3 is 1.83 bits per heavy atom. The predicted octanol–water partition coefficient (Wildman–Crippen LogP) is -1.71. The zero-order valence-electron chi connectivity index (χ0n) is 6.85. The molecule has 0 saturated carbocycles. The van der Waals surface area contributed by atoms with Crippen molar-refractivity contribution in [1.29, 1.82) is 0 Å². The summed E-state index contributed by atoms with van der Waals surface area (Å²) in [5.41, 5.74) is 3.05. The Kier molecular flexibility index (Phi) is 2.88. The summed E-state index contributed by atoms with van der Waals surface area (Å²) >= 11 is 0. The van der Waals surface area contributed by atoms with E-state index in [1.54, 1.807) is 0 Å². The van der Waals surface area contributed by atoms with Gasteiger partial charge in [0.1, 0.15) is 5.60 Å². The fraction of sp³-hybridized carbons (Fsp3) is 1.00. The van der Waals surface area contributed by atoms with Crippen molar-refractivity contribution >= 4 is 10.1 Å². The molecule has 0 radical (unpaired) electrons. The molecular formula is C5H13NO5S. The normalized spacial score (nSPS) is 22.8. The number of aliphatic hydroxyl groups is 2. The molecule has 74 valence electrons. The molecule has 5 N–H and O–H groups in total. The summed E-state index contributed by atoms with van der Waals surface area (Å²) in [6.45, 7) is 1.07. The third-order valence-corrected chi connectivity index (χ3v) is 3.42. The first kappa shape index (κ1) is 11.8. The smallest absolute Gasteiger partial charge is 0.286 e. The van der Waals surface area contributed by atoms with Crippen LogP contribution in [0.15, 0.2) is 0 Å². The predicted molar refractivity (Wildman–Crippen MR) is 41.9 cm³/mol. The van der Waals surface area contributed by atoms with E-state index in [4.69, 9.17) is 15.4 Å². The zero-order chi connectivity index (χ0) is 10.2. The Morgan fingerprint density at radius 1 is 1.42 bits per heavy atom. The summed E-state index contributed by atoms with van der Waals surface area (Å²) in [6, 6.07) is 0. The molecule has 6 nitrogen and oxygen atoms in total. The van der Waals surface area contributed by atoms with Crippen LogP contribution in [0.3, 0.4) is 0 Å². The fourth-order valence-electron chi connectivity index (χ4n) is 0.435. The van der Waals surface area contributed by atoms with Crippen molar-refractivity contribution in [3.8, 4) is 0 Å². The quantitative estimate of drug-likeness (QED) is 0.402. The molecule has 0 bridgehead atoms. The molecule has 2 unspecified atom stereocenters. The molecule has 0 fully saturated rings. The lowest BCUT2D eigenvalue weighted by Gasteiger charge is -2.34. The van der Waals surface area contributed by atoms with Crippen LogP contribution in [-0.4, -0.2) is 40.3 Å². The van der Waals surface area contributed by atoms with Crippen LogP contribution in [0.25, 0.3) is 0 Å². The Hall–Kier alpha value is -0.210. The molecule has 0 aliphatic heterocycles. The van der Waals surface area contributed by atoms with Gasteiger partial charge in [0, 0.05) is 0 Å². The summed E-state index contributed by atoms with van der Waals surface area (Å²) in [7, 11) is -4.60. The summed E-state index contributed by atoms with van der Waals surface area (Å²) in [5, 5.41) is 17.9. The van der Waals surface area contributed by atoms with Crippen LogP contribution in [0.2, 0.25) is 0 Å². The summed E-state index contributed by atoms with van der Waals surface area (Å²) in [6.07, 6.45) is 0. The van der Waals surface area contributed by atoms with Crippen LogP contribution < -0.4 is 5.73 Å². The van der Waals surface area contributed by atoms with E-state index in [-0.39, 0.29) is 0 Å². The number of aliphatic hydroxyl groups excluding tert-OH is 1. The average Bonchev–Trinajstić information content (AvgIpc) is 1.85. The largest absolute Gasteiger partial charge is 0.393 e. The highest BCUT2D eigenvalue weighted by molar-refractivity contribution is 7.87. The molecule has 12 heavy (non-hydrogen) atoms. The van der Waals surface area contributed by atoms with Gasteiger partial charge < -0.3 is 15.9 Å². The van der Waals surface area contributed by atoms with Gasteiger partial charge in [-0.2, -0.15) is 8.42 Å². The third kappa shape index (κ3) is 1.75. The van der Waals surface area contributed by atoms with Crippen LogP contribution in [0, 0.1) is 0 Å². The molecule has 0 spiro atoms. The molecule has 2 atom stereocenters. The maximum absolute atomic E-state index is 10.6. The van der Waals surface area contributed by atoms with E-state index < -0.39 is 27.2 Å². The lowest BCUT2D eigenvalue weighted by atomic mass is 9.99. The molecule has 0 heterocycles. The van der Waals surface area contributed by atoms with Gasteiger partial charge in [-0.3, -0.25) is 4.55 Å². The second-order valence-electron chi connectivity index (χ2n) is 3.01. The van der Waals surface area contributed by atoms with Crippen LogP contribution in [0.1, 0.15) is 13.8 Å². The molecule has 0 aromatic heterocycles. The summed E-state index contributed by atoms with van der Waals surface area (Å²) < 4.78 is 29.8. The van der Waals surface area contributed by atoms with Crippen molar-refractivity contribution in [3.05, 3.63) is 0 Å². The van der Waals surface area contributed by atoms with E-state index in [1.165, 1.54) is 0 Å². The van der Waals surface area contributed by atoms with Crippen molar-refractivity contribution in [2.45, 2.75) is 24.3 Å². The van der Waals surface area contributed by atoms with Gasteiger partial charge in [-0.1, -0.05) is 0 Å². The second kappa shape index (κ2) is 2.93. The van der Waals surface area contributed by atoms with Gasteiger partial charge in [-0.25, -0.2) is 0 Å². The minimum Gasteiger partial charge on any atom is -0.393 e. The van der Waals surface area contributed by atoms with Gasteiger partial charge in [0.05, 0.1) is 6.61 Å². The van der Waals surface area contributed by atoms with Gasteiger partial charge in [0.25, 0.3) is 10.1 Å². The van der Waals surface area contributed by atoms with Gasteiger partial charge in [0.15, 0.2) is 4.87 Å². The van der Waals surface area contributed by atoms with E-state index >= 15 is 0 Å². The molecular weight excluding hydrogens is 186 g/mol. The first-order chi connectivity index (χ1) is 5.06. The Labute approximate surface area is 70.8 Å². The van der Waals surface area contributed by atoms with Crippen LogP contribution >= 0.6 is 0 Å². The highest BCUT2D eigenvalue weighted by atomic mass is 32.2. The van der Waals surface area contributed by atoms with Crippen molar-refractivity contribution in [3.63, 3.8) is 0 Å². The first-order valence-corrected chi connectivity index (χ1v) is 4.59. The van der Waals surface area contributed by atoms with Crippen molar-refractivity contribution < 1.29 is 23.2 Å². The Balaban J connectivity index is 5.13. The average molecular weight is 199 g/mol. The molecule has 0 amide bonds. The minimum absolute atomic E-state index is 0.861. The lowest BCUT2D eigenvalue weighted by molar-refractivity contribution is -0.0300. The van der Waals surface area contributed by atoms with E-state index in [2.05, 4.69) is 0 Å². The van der Waals surface area contributed by atoms with Crippen molar-refractivity contribution in [2.75, 3.05) is 6.61 Å². The van der Waals surface area contributed by atoms with E-state index in [0.717, 1.165) is 13.8 Å². The zero-order valence-corrected chi connectivity index (χ0v) is 7.67. The van der Waals surface area contributed by atoms with Gasteiger partial charge in [-0.15, -0.1) is 0 Å². The maximum atomic E-state index is 10.6. The number of rotatable bonds is 3. The molecule has 0 aromatic carbocycles. The first-order valence-electron chi connectivity index (χ1n) is 3.15. The van der Waals surface area contributed by atoms with E-state index in [0.29, 0.717) is 0 Å². The third-order valence-electron chi connectivity index (χ3n) is 1.91. The highest BCUT2D eigenvalue weighted by Crippen LogP contribution is 2.23.